The van der Waals surface area contributed by atoms with E-state index < -0.39 is 0 Å². The molecule has 0 spiro atoms. The van der Waals surface area contributed by atoms with E-state index in [0.29, 0.717) is 5.82 Å². The van der Waals surface area contributed by atoms with Gasteiger partial charge in [0.15, 0.2) is 11.4 Å². The molecule has 0 saturated carbocycles. The van der Waals surface area contributed by atoms with Gasteiger partial charge in [0, 0.05) is 38.8 Å². The molecule has 0 saturated heterocycles. The first-order valence-electron chi connectivity index (χ1n) is 18.8. The quantitative estimate of drug-likeness (QED) is 0.157. The Morgan fingerprint density at radius 1 is 0.339 bits per heavy atom. The SMILES string of the molecule is c1ccc(-c2ccc(N(c3ccc(-c4ccccc4)cc3)c3cc(-c4nc(-c5ccccc5)cc(-c5ccccc5)n4)cc4c3oc3ccccc34)cc2)cc1. The van der Waals surface area contributed by atoms with E-state index in [2.05, 4.69) is 157 Å². The number of fused-ring (bicyclic) bond motifs is 3. The van der Waals surface area contributed by atoms with Crippen LogP contribution in [0.15, 0.2) is 217 Å². The third-order valence-electron chi connectivity index (χ3n) is 10.3. The first-order chi connectivity index (χ1) is 27.7. The normalized spacial score (nSPS) is 11.2. The number of rotatable bonds is 8. The van der Waals surface area contributed by atoms with E-state index in [1.54, 1.807) is 0 Å². The minimum atomic E-state index is 0.637. The Labute approximate surface area is 325 Å². The molecule has 0 fully saturated rings. The molecular weight excluding hydrogens is 683 g/mol. The standard InChI is InChI=1S/C52H35N3O/c1-5-15-36(16-6-1)38-25-29-43(30-26-38)55(44-31-27-39(28-32-44)37-17-7-2-8-18-37)49-34-42(33-46-45-23-13-14-24-50(45)56-51(46)49)52-53-47(40-19-9-3-10-20-40)35-48(54-52)41-21-11-4-12-22-41/h1-35H. The van der Waals surface area contributed by atoms with E-state index in [-0.39, 0.29) is 0 Å². The van der Waals surface area contributed by atoms with Gasteiger partial charge in [-0.05, 0) is 70.8 Å². The van der Waals surface area contributed by atoms with Crippen molar-refractivity contribution in [2.24, 2.45) is 0 Å². The molecule has 10 rings (SSSR count). The minimum absolute atomic E-state index is 0.637. The van der Waals surface area contributed by atoms with E-state index in [4.69, 9.17) is 14.4 Å². The van der Waals surface area contributed by atoms with Gasteiger partial charge in [-0.25, -0.2) is 9.97 Å². The van der Waals surface area contributed by atoms with E-state index in [1.165, 1.54) is 11.1 Å². The summed E-state index contributed by atoms with van der Waals surface area (Å²) in [6.07, 6.45) is 0. The second-order valence-electron chi connectivity index (χ2n) is 13.8. The summed E-state index contributed by atoms with van der Waals surface area (Å²) in [7, 11) is 0. The lowest BCUT2D eigenvalue weighted by molar-refractivity contribution is 0.669. The van der Waals surface area contributed by atoms with Gasteiger partial charge in [0.2, 0.25) is 0 Å². The molecule has 56 heavy (non-hydrogen) atoms. The molecule has 2 heterocycles. The minimum Gasteiger partial charge on any atom is -0.454 e. The van der Waals surface area contributed by atoms with Gasteiger partial charge in [-0.3, -0.25) is 0 Å². The third kappa shape index (κ3) is 6.29. The average molecular weight is 718 g/mol. The molecule has 0 atom stereocenters. The van der Waals surface area contributed by atoms with E-state index in [1.807, 2.05) is 60.7 Å². The summed E-state index contributed by atoms with van der Waals surface area (Å²) in [6.45, 7) is 0. The van der Waals surface area contributed by atoms with Crippen molar-refractivity contribution in [2.75, 3.05) is 4.90 Å². The lowest BCUT2D eigenvalue weighted by atomic mass is 10.0. The number of para-hydroxylation sites is 1. The van der Waals surface area contributed by atoms with Gasteiger partial charge in [-0.2, -0.15) is 0 Å². The predicted molar refractivity (Wildman–Crippen MR) is 231 cm³/mol. The smallest absolute Gasteiger partial charge is 0.160 e. The number of hydrogen-bond donors (Lipinski definition) is 0. The molecule has 4 nitrogen and oxygen atoms in total. The summed E-state index contributed by atoms with van der Waals surface area (Å²) < 4.78 is 6.79. The van der Waals surface area contributed by atoms with Crippen LogP contribution in [0.3, 0.4) is 0 Å². The van der Waals surface area contributed by atoms with Crippen molar-refractivity contribution < 1.29 is 4.42 Å². The third-order valence-corrected chi connectivity index (χ3v) is 10.3. The van der Waals surface area contributed by atoms with Crippen LogP contribution in [0.2, 0.25) is 0 Å². The first kappa shape index (κ1) is 33.0. The molecule has 264 valence electrons. The maximum absolute atomic E-state index is 6.79. The lowest BCUT2D eigenvalue weighted by Crippen LogP contribution is -2.10. The molecular formula is C52H35N3O. The number of aromatic nitrogens is 2. The molecule has 2 aromatic heterocycles. The van der Waals surface area contributed by atoms with Crippen LogP contribution in [0.1, 0.15) is 0 Å². The van der Waals surface area contributed by atoms with Gasteiger partial charge in [0.25, 0.3) is 0 Å². The second-order valence-corrected chi connectivity index (χ2v) is 13.8. The van der Waals surface area contributed by atoms with Crippen LogP contribution in [0.5, 0.6) is 0 Å². The summed E-state index contributed by atoms with van der Waals surface area (Å²) in [5.41, 5.74) is 13.8. The molecule has 0 radical (unpaired) electrons. The molecule has 0 aliphatic heterocycles. The van der Waals surface area contributed by atoms with Gasteiger partial charge in [0.1, 0.15) is 5.58 Å². The Bertz CT molecular complexity index is 2780. The number of anilines is 3. The molecule has 10 aromatic rings. The number of furan rings is 1. The van der Waals surface area contributed by atoms with Crippen LogP contribution in [-0.4, -0.2) is 9.97 Å². The Morgan fingerprint density at radius 3 is 1.27 bits per heavy atom. The highest BCUT2D eigenvalue weighted by atomic mass is 16.3. The van der Waals surface area contributed by atoms with E-state index in [0.717, 1.165) is 78.2 Å². The highest BCUT2D eigenvalue weighted by molar-refractivity contribution is 6.12. The van der Waals surface area contributed by atoms with Crippen molar-refractivity contribution in [3.05, 3.63) is 212 Å². The van der Waals surface area contributed by atoms with Gasteiger partial charge in [-0.1, -0.05) is 164 Å². The zero-order chi connectivity index (χ0) is 37.3. The molecule has 0 N–H and O–H groups in total. The fourth-order valence-corrected chi connectivity index (χ4v) is 7.49. The average Bonchev–Trinajstić information content (AvgIpc) is 3.67. The Morgan fingerprint density at radius 2 is 0.768 bits per heavy atom. The van der Waals surface area contributed by atoms with Gasteiger partial charge in [-0.15, -0.1) is 0 Å². The van der Waals surface area contributed by atoms with Crippen molar-refractivity contribution in [1.29, 1.82) is 0 Å². The van der Waals surface area contributed by atoms with E-state index in [9.17, 15) is 0 Å². The van der Waals surface area contributed by atoms with Gasteiger partial charge < -0.3 is 9.32 Å². The van der Waals surface area contributed by atoms with Gasteiger partial charge in [0.05, 0.1) is 17.1 Å². The van der Waals surface area contributed by atoms with Crippen LogP contribution in [0.4, 0.5) is 17.1 Å². The molecule has 0 unspecified atom stereocenters. The summed E-state index contributed by atoms with van der Waals surface area (Å²) in [5, 5.41) is 2.03. The number of hydrogen-bond acceptors (Lipinski definition) is 4. The summed E-state index contributed by atoms with van der Waals surface area (Å²) in [5.74, 6) is 0.637. The largest absolute Gasteiger partial charge is 0.454 e. The van der Waals surface area contributed by atoms with Crippen LogP contribution in [0.25, 0.3) is 78.1 Å². The van der Waals surface area contributed by atoms with Crippen LogP contribution >= 0.6 is 0 Å². The maximum Gasteiger partial charge on any atom is 0.160 e. The molecule has 0 amide bonds. The highest BCUT2D eigenvalue weighted by Crippen LogP contribution is 2.45. The summed E-state index contributed by atoms with van der Waals surface area (Å²) >= 11 is 0. The first-order valence-corrected chi connectivity index (χ1v) is 18.8. The zero-order valence-corrected chi connectivity index (χ0v) is 30.5. The Kier molecular flexibility index (Phi) is 8.47. The lowest BCUT2D eigenvalue weighted by Gasteiger charge is -2.26. The fourth-order valence-electron chi connectivity index (χ4n) is 7.49. The molecule has 0 bridgehead atoms. The maximum atomic E-state index is 6.79. The van der Waals surface area contributed by atoms with Crippen LogP contribution < -0.4 is 4.90 Å². The van der Waals surface area contributed by atoms with Crippen LogP contribution in [0, 0.1) is 0 Å². The van der Waals surface area contributed by atoms with Crippen molar-refractivity contribution in [3.63, 3.8) is 0 Å². The monoisotopic (exact) mass is 717 g/mol. The van der Waals surface area contributed by atoms with Crippen molar-refractivity contribution in [2.45, 2.75) is 0 Å². The van der Waals surface area contributed by atoms with Crippen molar-refractivity contribution in [1.82, 2.24) is 9.97 Å². The van der Waals surface area contributed by atoms with Crippen molar-refractivity contribution >= 4 is 39.0 Å². The topological polar surface area (TPSA) is 42.2 Å². The predicted octanol–water partition coefficient (Wildman–Crippen LogP) is 14.2. The fraction of sp³-hybridized carbons (Fsp3) is 0. The number of benzene rings is 8. The number of nitrogens with zero attached hydrogens (tertiary/aromatic N) is 3. The Hall–Kier alpha value is -7.56. The van der Waals surface area contributed by atoms with E-state index >= 15 is 0 Å². The van der Waals surface area contributed by atoms with Gasteiger partial charge >= 0.3 is 0 Å². The van der Waals surface area contributed by atoms with Crippen LogP contribution in [-0.2, 0) is 0 Å². The summed E-state index contributed by atoms with van der Waals surface area (Å²) in [6, 6.07) is 73.8. The van der Waals surface area contributed by atoms with Crippen molar-refractivity contribution in [3.8, 4) is 56.2 Å². The molecule has 8 aromatic carbocycles. The Balaban J connectivity index is 1.21. The highest BCUT2D eigenvalue weighted by Gasteiger charge is 2.23. The molecule has 4 heteroatoms. The summed E-state index contributed by atoms with van der Waals surface area (Å²) in [4.78, 5) is 12.8. The second kappa shape index (κ2) is 14.3. The molecule has 0 aliphatic carbocycles. The molecule has 0 aliphatic rings. The zero-order valence-electron chi connectivity index (χ0n) is 30.5.